The number of carbonyl (C=O) groups is 3. The molecule has 2 aromatic carbocycles. The monoisotopic (exact) mass is 423 g/mol. The molecule has 2 heterocycles. The van der Waals surface area contributed by atoms with Crippen molar-refractivity contribution in [3.8, 4) is 0 Å². The van der Waals surface area contributed by atoms with Crippen molar-refractivity contribution in [2.24, 2.45) is 0 Å². The third kappa shape index (κ3) is 4.11. The van der Waals surface area contributed by atoms with Crippen LogP contribution in [0.2, 0.25) is 0 Å². The molecule has 1 fully saturated rings. The van der Waals surface area contributed by atoms with E-state index in [0.717, 1.165) is 21.8 Å². The van der Waals surface area contributed by atoms with E-state index in [1.165, 1.54) is 31.2 Å². The maximum absolute atomic E-state index is 13.2. The summed E-state index contributed by atoms with van der Waals surface area (Å²) in [5.41, 5.74) is 0.960. The highest BCUT2D eigenvalue weighted by Crippen LogP contribution is 2.28. The lowest BCUT2D eigenvalue weighted by molar-refractivity contribution is -0.134. The summed E-state index contributed by atoms with van der Waals surface area (Å²) in [7, 11) is 0. The molecule has 0 aliphatic carbocycles. The van der Waals surface area contributed by atoms with Crippen molar-refractivity contribution in [3.05, 3.63) is 65.7 Å². The predicted octanol–water partition coefficient (Wildman–Crippen LogP) is 2.22. The van der Waals surface area contributed by atoms with Crippen molar-refractivity contribution in [3.63, 3.8) is 0 Å². The molecule has 1 atom stereocenters. The molecule has 1 unspecified atom stereocenters. The molecule has 0 bridgehead atoms. The highest BCUT2D eigenvalue weighted by molar-refractivity contribution is 6.09. The lowest BCUT2D eigenvalue weighted by Gasteiger charge is -2.22. The van der Waals surface area contributed by atoms with Crippen LogP contribution in [0.3, 0.4) is 0 Å². The number of hydrogen-bond acceptors (Lipinski definition) is 4. The number of hydrogen-bond donors (Lipinski definition) is 3. The van der Waals surface area contributed by atoms with Crippen LogP contribution in [-0.4, -0.2) is 45.8 Å². The maximum Gasteiger partial charge on any atom is 0.325 e. The zero-order valence-electron chi connectivity index (χ0n) is 16.9. The highest BCUT2D eigenvalue weighted by atomic mass is 19.1. The molecule has 1 aliphatic heterocycles. The number of aryl methyl sites for hydroxylation is 1. The third-order valence-corrected chi connectivity index (χ3v) is 5.35. The SMILES string of the molecule is CC1(c2ccc(F)cc2)NC(=O)N(CC(=O)NCCCc2nc3ccccc3[nH]2)C1=O. The molecule has 3 N–H and O–H groups in total. The van der Waals surface area contributed by atoms with E-state index in [1.807, 2.05) is 24.3 Å². The number of urea groups is 1. The number of rotatable bonds is 7. The topological polar surface area (TPSA) is 107 Å². The van der Waals surface area contributed by atoms with Gasteiger partial charge < -0.3 is 15.6 Å². The van der Waals surface area contributed by atoms with Crippen LogP contribution >= 0.6 is 0 Å². The number of fused-ring (bicyclic) bond motifs is 1. The molecule has 160 valence electrons. The normalized spacial score (nSPS) is 18.5. The summed E-state index contributed by atoms with van der Waals surface area (Å²) >= 11 is 0. The molecule has 0 spiro atoms. The lowest BCUT2D eigenvalue weighted by Crippen LogP contribution is -2.43. The number of halogens is 1. The summed E-state index contributed by atoms with van der Waals surface area (Å²) in [5, 5.41) is 5.32. The summed E-state index contributed by atoms with van der Waals surface area (Å²) in [6, 6.07) is 12.4. The fraction of sp³-hybridized carbons (Fsp3) is 0.273. The van der Waals surface area contributed by atoms with Gasteiger partial charge in [0.05, 0.1) is 11.0 Å². The van der Waals surface area contributed by atoms with E-state index in [9.17, 15) is 18.8 Å². The lowest BCUT2D eigenvalue weighted by atomic mass is 9.92. The predicted molar refractivity (Wildman–Crippen MR) is 111 cm³/mol. The van der Waals surface area contributed by atoms with Crippen LogP contribution in [0.1, 0.15) is 24.7 Å². The van der Waals surface area contributed by atoms with Gasteiger partial charge in [-0.3, -0.25) is 14.5 Å². The molecule has 0 radical (unpaired) electrons. The molecular formula is C22H22FN5O3. The highest BCUT2D eigenvalue weighted by Gasteiger charge is 2.49. The second-order valence-electron chi connectivity index (χ2n) is 7.61. The second-order valence-corrected chi connectivity index (χ2v) is 7.61. The largest absolute Gasteiger partial charge is 0.355 e. The van der Waals surface area contributed by atoms with E-state index < -0.39 is 29.2 Å². The number of amides is 4. The molecule has 0 saturated carbocycles. The van der Waals surface area contributed by atoms with Crippen LogP contribution in [0.15, 0.2) is 48.5 Å². The molecule has 3 aromatic rings. The van der Waals surface area contributed by atoms with Gasteiger partial charge >= 0.3 is 6.03 Å². The third-order valence-electron chi connectivity index (χ3n) is 5.35. The number of benzene rings is 2. The van der Waals surface area contributed by atoms with Gasteiger partial charge in [0.25, 0.3) is 5.91 Å². The van der Waals surface area contributed by atoms with E-state index in [0.29, 0.717) is 24.9 Å². The molecule has 1 aliphatic rings. The molecule has 9 heteroatoms. The van der Waals surface area contributed by atoms with Crippen molar-refractivity contribution in [2.75, 3.05) is 13.1 Å². The van der Waals surface area contributed by atoms with E-state index in [1.54, 1.807) is 0 Å². The Morgan fingerprint density at radius 3 is 2.65 bits per heavy atom. The molecule has 31 heavy (non-hydrogen) atoms. The van der Waals surface area contributed by atoms with Crippen molar-refractivity contribution in [1.82, 2.24) is 25.5 Å². The van der Waals surface area contributed by atoms with E-state index in [2.05, 4.69) is 20.6 Å². The fourth-order valence-corrected chi connectivity index (χ4v) is 3.63. The summed E-state index contributed by atoms with van der Waals surface area (Å²) in [6.07, 6.45) is 1.31. The van der Waals surface area contributed by atoms with Crippen LogP contribution < -0.4 is 10.6 Å². The van der Waals surface area contributed by atoms with E-state index >= 15 is 0 Å². The standard InChI is InChI=1S/C22H22FN5O3/c1-22(14-8-10-15(23)11-9-14)20(30)28(21(31)27-22)13-19(29)24-12-4-7-18-25-16-5-2-3-6-17(16)26-18/h2-3,5-6,8-11H,4,7,12-13H2,1H3,(H,24,29)(H,25,26)(H,27,31). The summed E-state index contributed by atoms with van der Waals surface area (Å²) in [6.45, 7) is 1.53. The minimum Gasteiger partial charge on any atom is -0.355 e. The summed E-state index contributed by atoms with van der Waals surface area (Å²) in [4.78, 5) is 46.0. The van der Waals surface area contributed by atoms with Crippen molar-refractivity contribution in [1.29, 1.82) is 0 Å². The average Bonchev–Trinajstić information content (AvgIpc) is 3.26. The van der Waals surface area contributed by atoms with Gasteiger partial charge in [-0.25, -0.2) is 14.2 Å². The molecule has 1 aromatic heterocycles. The van der Waals surface area contributed by atoms with Crippen molar-refractivity contribution < 1.29 is 18.8 Å². The van der Waals surface area contributed by atoms with Gasteiger partial charge in [0.15, 0.2) is 0 Å². The number of nitrogens with zero attached hydrogens (tertiary/aromatic N) is 2. The molecule has 1 saturated heterocycles. The smallest absolute Gasteiger partial charge is 0.325 e. The Morgan fingerprint density at radius 1 is 1.16 bits per heavy atom. The first-order valence-corrected chi connectivity index (χ1v) is 9.97. The molecule has 4 rings (SSSR count). The maximum atomic E-state index is 13.2. The number of carbonyl (C=O) groups excluding carboxylic acids is 3. The van der Waals surface area contributed by atoms with E-state index in [4.69, 9.17) is 0 Å². The van der Waals surface area contributed by atoms with Crippen LogP contribution in [0.5, 0.6) is 0 Å². The molecule has 4 amide bonds. The van der Waals surface area contributed by atoms with Gasteiger partial charge in [0.2, 0.25) is 5.91 Å². The van der Waals surface area contributed by atoms with Gasteiger partial charge in [0, 0.05) is 13.0 Å². The number of H-pyrrole nitrogens is 1. The Bertz CT molecular complexity index is 1110. The first kappa shape index (κ1) is 20.5. The van der Waals surface area contributed by atoms with Crippen LogP contribution in [0.25, 0.3) is 11.0 Å². The van der Waals surface area contributed by atoms with Crippen LogP contribution in [-0.2, 0) is 21.5 Å². The number of nitrogens with one attached hydrogen (secondary N) is 3. The molecule has 8 nitrogen and oxygen atoms in total. The second kappa shape index (κ2) is 8.17. The van der Waals surface area contributed by atoms with Gasteiger partial charge in [-0.1, -0.05) is 24.3 Å². The van der Waals surface area contributed by atoms with Gasteiger partial charge in [-0.2, -0.15) is 0 Å². The van der Waals surface area contributed by atoms with Gasteiger partial charge in [-0.15, -0.1) is 0 Å². The summed E-state index contributed by atoms with van der Waals surface area (Å²) in [5.74, 6) is -0.597. The summed E-state index contributed by atoms with van der Waals surface area (Å²) < 4.78 is 13.2. The van der Waals surface area contributed by atoms with Crippen LogP contribution in [0, 0.1) is 5.82 Å². The van der Waals surface area contributed by atoms with Crippen molar-refractivity contribution >= 4 is 28.9 Å². The van der Waals surface area contributed by atoms with Crippen molar-refractivity contribution in [2.45, 2.75) is 25.3 Å². The Morgan fingerprint density at radius 2 is 1.90 bits per heavy atom. The van der Waals surface area contributed by atoms with E-state index in [-0.39, 0.29) is 6.54 Å². The number of para-hydroxylation sites is 2. The zero-order valence-corrected chi connectivity index (χ0v) is 16.9. The first-order valence-electron chi connectivity index (χ1n) is 9.97. The average molecular weight is 423 g/mol. The Kier molecular flexibility index (Phi) is 5.41. The van der Waals surface area contributed by atoms with Gasteiger partial charge in [0.1, 0.15) is 23.7 Å². The Balaban J connectivity index is 1.29. The minimum absolute atomic E-state index is 0.383. The Hall–Kier alpha value is -3.75. The number of imide groups is 1. The quantitative estimate of drug-likeness (QED) is 0.400. The number of aromatic amines is 1. The number of imidazole rings is 1. The Labute approximate surface area is 177 Å². The van der Waals surface area contributed by atoms with Crippen LogP contribution in [0.4, 0.5) is 9.18 Å². The minimum atomic E-state index is -1.34. The molecular weight excluding hydrogens is 401 g/mol. The fourth-order valence-electron chi connectivity index (χ4n) is 3.63. The number of aromatic nitrogens is 2. The first-order chi connectivity index (χ1) is 14.9. The zero-order chi connectivity index (χ0) is 22.0. The van der Waals surface area contributed by atoms with Gasteiger partial charge in [-0.05, 0) is 43.2 Å².